The highest BCUT2D eigenvalue weighted by atomic mass is 16.5. The van der Waals surface area contributed by atoms with Crippen molar-refractivity contribution in [2.45, 2.75) is 13.3 Å². The van der Waals surface area contributed by atoms with E-state index in [0.717, 1.165) is 11.4 Å². The van der Waals surface area contributed by atoms with Gasteiger partial charge < -0.3 is 9.84 Å². The minimum absolute atomic E-state index is 0.0465. The molecule has 0 aromatic heterocycles. The summed E-state index contributed by atoms with van der Waals surface area (Å²) in [5, 5.41) is 15.0. The van der Waals surface area contributed by atoms with E-state index in [-0.39, 0.29) is 41.2 Å². The lowest BCUT2D eigenvalue weighted by Crippen LogP contribution is -2.40. The van der Waals surface area contributed by atoms with Crippen molar-refractivity contribution in [1.29, 1.82) is 0 Å². The van der Waals surface area contributed by atoms with Crippen LogP contribution in [0.2, 0.25) is 0 Å². The molecular weight excluding hydrogens is 332 g/mol. The number of benzene rings is 1. The predicted molar refractivity (Wildman–Crippen MR) is 93.4 cm³/mol. The fourth-order valence-electron chi connectivity index (χ4n) is 5.06. The second-order valence-electron chi connectivity index (χ2n) is 7.55. The molecular formula is C20H20N2O4. The van der Waals surface area contributed by atoms with Crippen LogP contribution in [0.3, 0.4) is 0 Å². The number of carbonyl (C=O) groups is 2. The Hall–Kier alpha value is -2.63. The third-order valence-electron chi connectivity index (χ3n) is 6.25. The topological polar surface area (TPSA) is 79.2 Å². The van der Waals surface area contributed by atoms with Crippen LogP contribution in [0.5, 0.6) is 11.5 Å². The Morgan fingerprint density at radius 1 is 1.19 bits per heavy atom. The second-order valence-corrected chi connectivity index (χ2v) is 7.55. The van der Waals surface area contributed by atoms with Gasteiger partial charge >= 0.3 is 0 Å². The summed E-state index contributed by atoms with van der Waals surface area (Å²) in [4.78, 5) is 25.7. The molecule has 6 unspecified atom stereocenters. The van der Waals surface area contributed by atoms with E-state index < -0.39 is 0 Å². The van der Waals surface area contributed by atoms with Gasteiger partial charge in [0.15, 0.2) is 11.5 Å². The molecule has 6 rings (SSSR count). The fourth-order valence-corrected chi connectivity index (χ4v) is 5.06. The molecule has 1 N–H and O–H groups in total. The Labute approximate surface area is 151 Å². The van der Waals surface area contributed by atoms with Gasteiger partial charge in [0.2, 0.25) is 0 Å². The number of allylic oxidation sites excluding steroid dienone is 2. The largest absolute Gasteiger partial charge is 0.504 e. The van der Waals surface area contributed by atoms with Crippen molar-refractivity contribution in [3.05, 3.63) is 35.9 Å². The number of ether oxygens (including phenoxy) is 1. The number of hydrogen-bond acceptors (Lipinski definition) is 5. The third kappa shape index (κ3) is 2.08. The van der Waals surface area contributed by atoms with Crippen molar-refractivity contribution in [2.24, 2.45) is 40.6 Å². The fraction of sp³-hybridized carbons (Fsp3) is 0.450. The first-order valence-electron chi connectivity index (χ1n) is 9.16. The standard InChI is InChI=1S/C20H20N2O4/c1-2-26-16-7-10(3-6-15(16)23)9-21-22-19(24)17-11-4-5-12(14-8-13(11)14)18(17)20(22)25/h3-7,9,11-14,17-18,23H,2,8H2,1H3/b21-9+. The molecule has 2 saturated carbocycles. The number of rotatable bonds is 4. The molecule has 0 spiro atoms. The van der Waals surface area contributed by atoms with Crippen molar-refractivity contribution in [3.8, 4) is 11.5 Å². The zero-order valence-electron chi connectivity index (χ0n) is 14.4. The molecule has 6 heteroatoms. The number of phenolic OH excluding ortho intramolecular Hbond substituents is 1. The van der Waals surface area contributed by atoms with Crippen LogP contribution in [0.1, 0.15) is 18.9 Å². The van der Waals surface area contributed by atoms with Crippen LogP contribution in [0.25, 0.3) is 0 Å². The van der Waals surface area contributed by atoms with E-state index >= 15 is 0 Å². The summed E-state index contributed by atoms with van der Waals surface area (Å²) >= 11 is 0. The highest BCUT2D eigenvalue weighted by molar-refractivity contribution is 6.06. The Morgan fingerprint density at radius 3 is 2.46 bits per heavy atom. The lowest BCUT2D eigenvalue weighted by Gasteiger charge is -2.37. The van der Waals surface area contributed by atoms with Crippen LogP contribution in [-0.4, -0.2) is 34.8 Å². The van der Waals surface area contributed by atoms with Gasteiger partial charge in [-0.15, -0.1) is 0 Å². The van der Waals surface area contributed by atoms with Gasteiger partial charge in [0, 0.05) is 0 Å². The summed E-state index contributed by atoms with van der Waals surface area (Å²) < 4.78 is 5.35. The molecule has 1 aromatic rings. The third-order valence-corrected chi connectivity index (χ3v) is 6.25. The number of nitrogens with zero attached hydrogens (tertiary/aromatic N) is 2. The van der Waals surface area contributed by atoms with Crippen LogP contribution < -0.4 is 4.74 Å². The van der Waals surface area contributed by atoms with E-state index in [9.17, 15) is 14.7 Å². The summed E-state index contributed by atoms with van der Waals surface area (Å²) in [6.07, 6.45) is 6.91. The average molecular weight is 352 g/mol. The predicted octanol–water partition coefficient (Wildman–Crippen LogP) is 2.18. The first-order valence-corrected chi connectivity index (χ1v) is 9.16. The van der Waals surface area contributed by atoms with Crippen molar-refractivity contribution < 1.29 is 19.4 Å². The molecule has 4 aliphatic carbocycles. The molecule has 2 bridgehead atoms. The Kier molecular flexibility index (Phi) is 3.26. The van der Waals surface area contributed by atoms with Crippen LogP contribution in [0.15, 0.2) is 35.5 Å². The van der Waals surface area contributed by atoms with Crippen molar-refractivity contribution >= 4 is 18.0 Å². The molecule has 1 aromatic carbocycles. The molecule has 134 valence electrons. The molecule has 3 fully saturated rings. The van der Waals surface area contributed by atoms with E-state index in [1.165, 1.54) is 12.3 Å². The number of carbonyl (C=O) groups excluding carboxylic acids is 2. The van der Waals surface area contributed by atoms with E-state index in [2.05, 4.69) is 17.3 Å². The zero-order valence-corrected chi connectivity index (χ0v) is 14.4. The summed E-state index contributed by atoms with van der Waals surface area (Å²) in [5.74, 6) is 1.13. The minimum atomic E-state index is -0.239. The number of aromatic hydroxyl groups is 1. The number of imide groups is 1. The maximum atomic E-state index is 12.8. The van der Waals surface area contributed by atoms with Crippen molar-refractivity contribution in [3.63, 3.8) is 0 Å². The molecule has 1 aliphatic heterocycles. The monoisotopic (exact) mass is 352 g/mol. The van der Waals surface area contributed by atoms with Gasteiger partial charge in [0.25, 0.3) is 11.8 Å². The van der Waals surface area contributed by atoms with Crippen LogP contribution in [-0.2, 0) is 9.59 Å². The molecule has 1 saturated heterocycles. The van der Waals surface area contributed by atoms with Crippen molar-refractivity contribution in [2.75, 3.05) is 6.61 Å². The first-order chi connectivity index (χ1) is 12.6. The summed E-state index contributed by atoms with van der Waals surface area (Å²) in [6.45, 7) is 2.26. The van der Waals surface area contributed by atoms with E-state index in [1.807, 2.05) is 6.92 Å². The van der Waals surface area contributed by atoms with E-state index in [1.54, 1.807) is 12.1 Å². The lowest BCUT2D eigenvalue weighted by molar-refractivity contribution is -0.140. The molecule has 2 amide bonds. The molecule has 6 atom stereocenters. The number of hydrogen-bond donors (Lipinski definition) is 1. The summed E-state index contributed by atoms with van der Waals surface area (Å²) in [5.41, 5.74) is 0.658. The van der Waals surface area contributed by atoms with Gasteiger partial charge in [-0.1, -0.05) is 12.2 Å². The van der Waals surface area contributed by atoms with Gasteiger partial charge in [0.05, 0.1) is 24.7 Å². The van der Waals surface area contributed by atoms with Crippen LogP contribution in [0.4, 0.5) is 0 Å². The second kappa shape index (κ2) is 5.43. The summed E-state index contributed by atoms with van der Waals surface area (Å²) in [6, 6.07) is 4.82. The smallest absolute Gasteiger partial charge is 0.254 e. The maximum Gasteiger partial charge on any atom is 0.254 e. The van der Waals surface area contributed by atoms with Crippen molar-refractivity contribution in [1.82, 2.24) is 5.01 Å². The average Bonchev–Trinajstić information content (AvgIpc) is 3.42. The number of phenols is 1. The van der Waals surface area contributed by atoms with Gasteiger partial charge in [0.1, 0.15) is 0 Å². The minimum Gasteiger partial charge on any atom is -0.504 e. The molecule has 6 nitrogen and oxygen atoms in total. The number of amides is 2. The molecule has 5 aliphatic rings. The molecule has 1 heterocycles. The highest BCUT2D eigenvalue weighted by Crippen LogP contribution is 2.65. The highest BCUT2D eigenvalue weighted by Gasteiger charge is 2.67. The van der Waals surface area contributed by atoms with Gasteiger partial charge in [-0.2, -0.15) is 10.1 Å². The molecule has 0 radical (unpaired) electrons. The SMILES string of the molecule is CCOc1cc(/C=N/N2C(=O)C3C4C=CC(C5CC45)C3C2=O)ccc1O. The van der Waals surface area contributed by atoms with Crippen LogP contribution in [0, 0.1) is 35.5 Å². The number of hydrazone groups is 1. The van der Waals surface area contributed by atoms with Gasteiger partial charge in [-0.05, 0) is 60.8 Å². The van der Waals surface area contributed by atoms with Gasteiger partial charge in [-0.3, -0.25) is 9.59 Å². The van der Waals surface area contributed by atoms with Gasteiger partial charge in [-0.25, -0.2) is 0 Å². The lowest BCUT2D eigenvalue weighted by atomic mass is 9.63. The Balaban J connectivity index is 1.40. The quantitative estimate of drug-likeness (QED) is 0.512. The first kappa shape index (κ1) is 15.6. The Bertz CT molecular complexity index is 825. The summed E-state index contributed by atoms with van der Waals surface area (Å²) in [7, 11) is 0. The Morgan fingerprint density at radius 2 is 1.85 bits per heavy atom. The normalized spacial score (nSPS) is 36.6. The van der Waals surface area contributed by atoms with E-state index in [4.69, 9.17) is 4.74 Å². The van der Waals surface area contributed by atoms with Crippen LogP contribution >= 0.6 is 0 Å². The molecule has 26 heavy (non-hydrogen) atoms. The van der Waals surface area contributed by atoms with E-state index in [0.29, 0.717) is 29.8 Å². The zero-order chi connectivity index (χ0) is 18.0. The maximum absolute atomic E-state index is 12.8.